The average Bonchev–Trinajstić information content (AvgIpc) is 3.07. The Labute approximate surface area is 150 Å². The minimum atomic E-state index is -0.0208. The van der Waals surface area contributed by atoms with E-state index in [2.05, 4.69) is 31.1 Å². The van der Waals surface area contributed by atoms with Crippen molar-refractivity contribution in [3.63, 3.8) is 0 Å². The molecule has 1 N–H and O–H groups in total. The molecule has 25 heavy (non-hydrogen) atoms. The van der Waals surface area contributed by atoms with Gasteiger partial charge in [-0.05, 0) is 45.2 Å². The molecule has 1 saturated heterocycles. The van der Waals surface area contributed by atoms with Gasteiger partial charge in [0.25, 0.3) is 5.91 Å². The largest absolute Gasteiger partial charge is 0.336 e. The Morgan fingerprint density at radius 2 is 2.16 bits per heavy atom. The highest BCUT2D eigenvalue weighted by atomic mass is 16.2. The molecule has 2 rings (SSSR count). The van der Waals surface area contributed by atoms with E-state index in [9.17, 15) is 9.59 Å². The lowest BCUT2D eigenvalue weighted by molar-refractivity contribution is 0.0788. The Morgan fingerprint density at radius 3 is 2.76 bits per heavy atom. The van der Waals surface area contributed by atoms with Gasteiger partial charge in [0.05, 0.1) is 5.56 Å². The third kappa shape index (κ3) is 4.94. The fourth-order valence-corrected chi connectivity index (χ4v) is 3.08. The van der Waals surface area contributed by atoms with E-state index in [1.54, 1.807) is 11.1 Å². The molecule has 6 heteroatoms. The van der Waals surface area contributed by atoms with Crippen molar-refractivity contribution < 1.29 is 9.59 Å². The van der Waals surface area contributed by atoms with Crippen LogP contribution >= 0.6 is 0 Å². The quantitative estimate of drug-likeness (QED) is 0.861. The third-order valence-electron chi connectivity index (χ3n) is 4.81. The smallest absolute Gasteiger partial charge is 0.317 e. The van der Waals surface area contributed by atoms with E-state index < -0.39 is 0 Å². The van der Waals surface area contributed by atoms with Crippen LogP contribution < -0.4 is 5.32 Å². The minimum absolute atomic E-state index is 0.0123. The number of aryl methyl sites for hydroxylation is 1. The molecule has 3 amide bonds. The number of aromatic nitrogens is 1. The van der Waals surface area contributed by atoms with Crippen LogP contribution in [0.3, 0.4) is 0 Å². The van der Waals surface area contributed by atoms with Crippen molar-refractivity contribution in [2.45, 2.75) is 59.0 Å². The summed E-state index contributed by atoms with van der Waals surface area (Å²) in [4.78, 5) is 33.0. The number of hydrogen-bond acceptors (Lipinski definition) is 3. The van der Waals surface area contributed by atoms with Gasteiger partial charge < -0.3 is 15.1 Å². The van der Waals surface area contributed by atoms with Gasteiger partial charge in [-0.1, -0.05) is 13.8 Å². The number of carbonyl (C=O) groups is 2. The molecule has 1 aliphatic rings. The Hall–Kier alpha value is -2.11. The summed E-state index contributed by atoms with van der Waals surface area (Å²) in [6, 6.07) is 3.86. The van der Waals surface area contributed by atoms with Crippen molar-refractivity contribution in [3.8, 4) is 0 Å². The third-order valence-corrected chi connectivity index (χ3v) is 4.81. The van der Waals surface area contributed by atoms with Crippen molar-refractivity contribution in [2.75, 3.05) is 19.6 Å². The van der Waals surface area contributed by atoms with Gasteiger partial charge in [-0.15, -0.1) is 0 Å². The zero-order valence-electron chi connectivity index (χ0n) is 15.8. The molecular weight excluding hydrogens is 316 g/mol. The fourth-order valence-electron chi connectivity index (χ4n) is 3.08. The number of rotatable bonds is 6. The van der Waals surface area contributed by atoms with E-state index >= 15 is 0 Å². The number of nitrogens with one attached hydrogen (secondary N) is 1. The maximum absolute atomic E-state index is 12.6. The highest BCUT2D eigenvalue weighted by Gasteiger charge is 2.29. The van der Waals surface area contributed by atoms with Crippen molar-refractivity contribution in [1.82, 2.24) is 20.1 Å². The van der Waals surface area contributed by atoms with Crippen LogP contribution in [0.2, 0.25) is 0 Å². The average molecular weight is 346 g/mol. The first kappa shape index (κ1) is 19.2. The number of urea groups is 1. The van der Waals surface area contributed by atoms with Crippen LogP contribution in [-0.4, -0.2) is 58.4 Å². The van der Waals surface area contributed by atoms with Gasteiger partial charge >= 0.3 is 6.03 Å². The second-order valence-electron chi connectivity index (χ2n) is 6.83. The molecule has 1 aromatic heterocycles. The van der Waals surface area contributed by atoms with Crippen LogP contribution in [-0.2, 0) is 0 Å². The predicted molar refractivity (Wildman–Crippen MR) is 98.6 cm³/mol. The second-order valence-corrected chi connectivity index (χ2v) is 6.83. The monoisotopic (exact) mass is 346 g/mol. The van der Waals surface area contributed by atoms with E-state index in [1.165, 1.54) is 0 Å². The molecule has 0 spiro atoms. The second kappa shape index (κ2) is 8.83. The summed E-state index contributed by atoms with van der Waals surface area (Å²) >= 11 is 0. The lowest BCUT2D eigenvalue weighted by Crippen LogP contribution is -2.49. The summed E-state index contributed by atoms with van der Waals surface area (Å²) in [5, 5.41) is 3.10. The molecule has 0 saturated carbocycles. The van der Waals surface area contributed by atoms with E-state index in [-0.39, 0.29) is 24.0 Å². The molecule has 2 atom stereocenters. The molecule has 1 aliphatic heterocycles. The predicted octanol–water partition coefficient (Wildman–Crippen LogP) is 2.82. The van der Waals surface area contributed by atoms with E-state index in [0.717, 1.165) is 31.5 Å². The number of pyridine rings is 1. The van der Waals surface area contributed by atoms with Crippen molar-refractivity contribution in [3.05, 3.63) is 29.6 Å². The Balaban J connectivity index is 1.92. The van der Waals surface area contributed by atoms with Gasteiger partial charge in [-0.25, -0.2) is 4.79 Å². The zero-order valence-corrected chi connectivity index (χ0v) is 15.8. The summed E-state index contributed by atoms with van der Waals surface area (Å²) in [6.07, 6.45) is 4.28. The fraction of sp³-hybridized carbons (Fsp3) is 0.632. The molecule has 2 unspecified atom stereocenters. The molecule has 0 bridgehead atoms. The molecule has 138 valence electrons. The number of likely N-dealkylation sites (tertiary alicyclic amines) is 1. The van der Waals surface area contributed by atoms with Gasteiger partial charge in [0, 0.05) is 43.6 Å². The van der Waals surface area contributed by atoms with Crippen LogP contribution in [0, 0.1) is 6.92 Å². The topological polar surface area (TPSA) is 65.5 Å². The van der Waals surface area contributed by atoms with E-state index in [0.29, 0.717) is 18.7 Å². The van der Waals surface area contributed by atoms with Gasteiger partial charge in [0.1, 0.15) is 0 Å². The first-order valence-corrected chi connectivity index (χ1v) is 9.25. The van der Waals surface area contributed by atoms with Gasteiger partial charge in [0.2, 0.25) is 0 Å². The standard InChI is InChI=1S/C19H30N4O2/c1-5-10-23(15(4)6-2)19(25)21-17-9-11-22(13-17)18(24)16-8-7-14(3)20-12-16/h7-8,12,15,17H,5-6,9-11,13H2,1-4H3,(H,21,25). The number of carbonyl (C=O) groups excluding carboxylic acids is 2. The van der Waals surface area contributed by atoms with E-state index in [4.69, 9.17) is 0 Å². The Bertz CT molecular complexity index is 588. The molecule has 0 aromatic carbocycles. The molecule has 2 heterocycles. The highest BCUT2D eigenvalue weighted by Crippen LogP contribution is 2.15. The van der Waals surface area contributed by atoms with Gasteiger partial charge in [-0.2, -0.15) is 0 Å². The van der Waals surface area contributed by atoms with Crippen molar-refractivity contribution in [1.29, 1.82) is 0 Å². The van der Waals surface area contributed by atoms with Crippen LogP contribution in [0.5, 0.6) is 0 Å². The Morgan fingerprint density at radius 1 is 1.40 bits per heavy atom. The minimum Gasteiger partial charge on any atom is -0.336 e. The lowest BCUT2D eigenvalue weighted by Gasteiger charge is -2.29. The Kier molecular flexibility index (Phi) is 6.79. The molecule has 1 aromatic rings. The summed E-state index contributed by atoms with van der Waals surface area (Å²) in [5.74, 6) is -0.0170. The number of nitrogens with zero attached hydrogens (tertiary/aromatic N) is 3. The SMILES string of the molecule is CCCN(C(=O)NC1CCN(C(=O)c2ccc(C)nc2)C1)C(C)CC. The summed E-state index contributed by atoms with van der Waals surface area (Å²) < 4.78 is 0. The van der Waals surface area contributed by atoms with Crippen LogP contribution in [0.4, 0.5) is 4.79 Å². The maximum Gasteiger partial charge on any atom is 0.317 e. The first-order valence-electron chi connectivity index (χ1n) is 9.25. The summed E-state index contributed by atoms with van der Waals surface area (Å²) in [5.41, 5.74) is 1.49. The number of hydrogen-bond donors (Lipinski definition) is 1. The van der Waals surface area contributed by atoms with Crippen molar-refractivity contribution >= 4 is 11.9 Å². The van der Waals surface area contributed by atoms with Crippen LogP contribution in [0.25, 0.3) is 0 Å². The molecule has 0 radical (unpaired) electrons. The van der Waals surface area contributed by atoms with E-state index in [1.807, 2.05) is 24.0 Å². The zero-order chi connectivity index (χ0) is 18.4. The lowest BCUT2D eigenvalue weighted by atomic mass is 10.2. The van der Waals surface area contributed by atoms with Crippen LogP contribution in [0.1, 0.15) is 56.1 Å². The van der Waals surface area contributed by atoms with Gasteiger partial charge in [-0.3, -0.25) is 9.78 Å². The molecular formula is C19H30N4O2. The molecule has 1 fully saturated rings. The first-order chi connectivity index (χ1) is 12.0. The summed E-state index contributed by atoms with van der Waals surface area (Å²) in [6.45, 7) is 10.1. The number of amides is 3. The normalized spacial score (nSPS) is 18.1. The van der Waals surface area contributed by atoms with Crippen LogP contribution in [0.15, 0.2) is 18.3 Å². The molecule has 0 aliphatic carbocycles. The van der Waals surface area contributed by atoms with Gasteiger partial charge in [0.15, 0.2) is 0 Å². The summed E-state index contributed by atoms with van der Waals surface area (Å²) in [7, 11) is 0. The highest BCUT2D eigenvalue weighted by molar-refractivity contribution is 5.94. The maximum atomic E-state index is 12.6. The molecule has 6 nitrogen and oxygen atoms in total. The van der Waals surface area contributed by atoms with Crippen molar-refractivity contribution in [2.24, 2.45) is 0 Å².